The Morgan fingerprint density at radius 3 is 2.50 bits per heavy atom. The van der Waals surface area contributed by atoms with E-state index < -0.39 is 0 Å². The second-order valence-electron chi connectivity index (χ2n) is 6.41. The van der Waals surface area contributed by atoms with Gasteiger partial charge < -0.3 is 4.72 Å². The van der Waals surface area contributed by atoms with E-state index in [0.717, 1.165) is 25.7 Å². The van der Waals surface area contributed by atoms with Crippen molar-refractivity contribution in [1.82, 2.24) is 9.62 Å². The van der Waals surface area contributed by atoms with Gasteiger partial charge in [0, 0.05) is 18.9 Å². The number of nitrogens with zero attached hydrogens (tertiary/aromatic N) is 1. The molecule has 1 aliphatic heterocycles. The fraction of sp³-hybridized carbons (Fsp3) is 0.800. The number of hydrogen-bond acceptors (Lipinski definition) is 5. The van der Waals surface area contributed by atoms with Crippen molar-refractivity contribution in [2.75, 3.05) is 6.54 Å². The zero-order valence-electron chi connectivity index (χ0n) is 13.1. The predicted molar refractivity (Wildman–Crippen MR) is 90.4 cm³/mol. The summed E-state index contributed by atoms with van der Waals surface area (Å²) in [5, 5.41) is 0.135. The number of nitrogens with one attached hydrogen (secondary N) is 1. The molecule has 1 unspecified atom stereocenters. The molecule has 22 heavy (non-hydrogen) atoms. The van der Waals surface area contributed by atoms with Crippen LogP contribution in [0.3, 0.4) is 0 Å². The van der Waals surface area contributed by atoms with Crippen molar-refractivity contribution in [3.05, 3.63) is 0 Å². The first-order valence-corrected chi connectivity index (χ1v) is 9.25. The van der Waals surface area contributed by atoms with Gasteiger partial charge in [-0.3, -0.25) is 19.3 Å². The maximum absolute atomic E-state index is 12.4. The van der Waals surface area contributed by atoms with Crippen LogP contribution in [0.1, 0.15) is 46.0 Å². The molecule has 2 aliphatic rings. The minimum absolute atomic E-state index is 0.0166. The Labute approximate surface area is 141 Å². The largest absolute Gasteiger partial charge is 0.303 e. The quantitative estimate of drug-likeness (QED) is 0.591. The van der Waals surface area contributed by atoms with E-state index in [2.05, 4.69) is 17.5 Å². The van der Waals surface area contributed by atoms with Gasteiger partial charge in [-0.2, -0.15) is 0 Å². The van der Waals surface area contributed by atoms with Crippen LogP contribution in [0.2, 0.25) is 0 Å². The second-order valence-corrected chi connectivity index (χ2v) is 8.42. The Kier molecular flexibility index (Phi) is 6.20. The van der Waals surface area contributed by atoms with Gasteiger partial charge in [-0.25, -0.2) is 0 Å². The molecule has 3 amide bonds. The molecule has 1 aliphatic carbocycles. The third kappa shape index (κ3) is 4.19. The van der Waals surface area contributed by atoms with E-state index >= 15 is 0 Å². The first-order chi connectivity index (χ1) is 10.4. The van der Waals surface area contributed by atoms with Crippen LogP contribution in [0, 0.1) is 11.8 Å². The molecule has 7 heteroatoms. The van der Waals surface area contributed by atoms with Crippen LogP contribution in [0.5, 0.6) is 0 Å². The molecule has 0 aromatic carbocycles. The number of thiol groups is 1. The number of amides is 3. The zero-order valence-corrected chi connectivity index (χ0v) is 14.8. The number of rotatable bonds is 5. The van der Waals surface area contributed by atoms with E-state index in [1.54, 1.807) is 11.8 Å². The number of thioether (sulfide) groups is 1. The Balaban J connectivity index is 1.85. The third-order valence-electron chi connectivity index (χ3n) is 4.41. The van der Waals surface area contributed by atoms with Gasteiger partial charge in [0.25, 0.3) is 0 Å². The molecule has 1 N–H and O–H groups in total. The highest BCUT2D eigenvalue weighted by molar-refractivity contribution is 8.01. The molecule has 1 saturated carbocycles. The summed E-state index contributed by atoms with van der Waals surface area (Å²) in [6.07, 6.45) is 3.70. The Hall–Kier alpha value is -0.690. The van der Waals surface area contributed by atoms with Crippen LogP contribution in [0.4, 0.5) is 0 Å². The fourth-order valence-corrected chi connectivity index (χ4v) is 4.56. The molecule has 1 saturated heterocycles. The topological polar surface area (TPSA) is 66.5 Å². The van der Waals surface area contributed by atoms with Crippen molar-refractivity contribution < 1.29 is 14.4 Å². The Morgan fingerprint density at radius 2 is 1.95 bits per heavy atom. The SMILES string of the molecule is CC(C)SC1CC(=O)N(CC2CCC(C(=O)NS)CC2)C1=O. The van der Waals surface area contributed by atoms with E-state index in [1.165, 1.54) is 4.90 Å². The minimum Gasteiger partial charge on any atom is -0.303 e. The lowest BCUT2D eigenvalue weighted by Gasteiger charge is -2.29. The summed E-state index contributed by atoms with van der Waals surface area (Å²) in [6.45, 7) is 4.60. The van der Waals surface area contributed by atoms with Crippen molar-refractivity contribution in [3.63, 3.8) is 0 Å². The van der Waals surface area contributed by atoms with E-state index in [4.69, 9.17) is 0 Å². The molecule has 0 aromatic heterocycles. The minimum atomic E-state index is -0.209. The second kappa shape index (κ2) is 7.73. The molecule has 2 fully saturated rings. The first-order valence-electron chi connectivity index (χ1n) is 7.86. The lowest BCUT2D eigenvalue weighted by molar-refractivity contribution is -0.139. The number of carbonyl (C=O) groups is 3. The molecule has 0 aromatic rings. The molecule has 5 nitrogen and oxygen atoms in total. The highest BCUT2D eigenvalue weighted by Gasteiger charge is 2.40. The maximum atomic E-state index is 12.4. The molecule has 124 valence electrons. The van der Waals surface area contributed by atoms with E-state index in [-0.39, 0.29) is 28.9 Å². The third-order valence-corrected chi connectivity index (χ3v) is 5.87. The van der Waals surface area contributed by atoms with Gasteiger partial charge in [0.05, 0.1) is 5.25 Å². The summed E-state index contributed by atoms with van der Waals surface area (Å²) in [7, 11) is 0. The van der Waals surface area contributed by atoms with Gasteiger partial charge in [-0.1, -0.05) is 26.7 Å². The molecule has 0 radical (unpaired) electrons. The van der Waals surface area contributed by atoms with Gasteiger partial charge in [0.15, 0.2) is 0 Å². The molecular formula is C15H24N2O3S2. The van der Waals surface area contributed by atoms with Crippen LogP contribution >= 0.6 is 24.6 Å². The van der Waals surface area contributed by atoms with Crippen molar-refractivity contribution in [1.29, 1.82) is 0 Å². The van der Waals surface area contributed by atoms with E-state index in [9.17, 15) is 14.4 Å². The molecule has 0 bridgehead atoms. The van der Waals surface area contributed by atoms with Crippen LogP contribution in [-0.2, 0) is 14.4 Å². The lowest BCUT2D eigenvalue weighted by Crippen LogP contribution is -2.38. The van der Waals surface area contributed by atoms with E-state index in [0.29, 0.717) is 24.1 Å². The van der Waals surface area contributed by atoms with Crippen molar-refractivity contribution in [2.45, 2.75) is 56.5 Å². The van der Waals surface area contributed by atoms with Gasteiger partial charge >= 0.3 is 0 Å². The van der Waals surface area contributed by atoms with E-state index in [1.807, 2.05) is 13.8 Å². The number of likely N-dealkylation sites (tertiary alicyclic amines) is 1. The van der Waals surface area contributed by atoms with Crippen LogP contribution in [0.15, 0.2) is 0 Å². The van der Waals surface area contributed by atoms with Crippen LogP contribution < -0.4 is 4.72 Å². The lowest BCUT2D eigenvalue weighted by atomic mass is 9.81. The number of hydrogen-bond donors (Lipinski definition) is 2. The molecule has 1 atom stereocenters. The summed E-state index contributed by atoms with van der Waals surface area (Å²) >= 11 is 5.38. The smallest absolute Gasteiger partial charge is 0.242 e. The fourth-order valence-electron chi connectivity index (χ4n) is 3.24. The van der Waals surface area contributed by atoms with Gasteiger partial charge in [0.2, 0.25) is 17.7 Å². The van der Waals surface area contributed by atoms with Gasteiger partial charge in [-0.05, 0) is 36.9 Å². The highest BCUT2D eigenvalue weighted by Crippen LogP contribution is 2.33. The molecule has 2 rings (SSSR count). The maximum Gasteiger partial charge on any atom is 0.242 e. The predicted octanol–water partition coefficient (Wildman–Crippen LogP) is 2.02. The molecule has 1 heterocycles. The average molecular weight is 345 g/mol. The van der Waals surface area contributed by atoms with Crippen molar-refractivity contribution in [2.24, 2.45) is 11.8 Å². The zero-order chi connectivity index (χ0) is 16.3. The van der Waals surface area contributed by atoms with Gasteiger partial charge in [-0.15, -0.1) is 11.8 Å². The normalized spacial score (nSPS) is 29.3. The molecular weight excluding hydrogens is 320 g/mol. The van der Waals surface area contributed by atoms with Crippen molar-refractivity contribution in [3.8, 4) is 0 Å². The monoisotopic (exact) mass is 344 g/mol. The van der Waals surface area contributed by atoms with Crippen LogP contribution in [0.25, 0.3) is 0 Å². The summed E-state index contributed by atoms with van der Waals surface area (Å²) in [5.74, 6) is 0.239. The Morgan fingerprint density at radius 1 is 1.32 bits per heavy atom. The Bertz CT molecular complexity index is 448. The number of imide groups is 1. The highest BCUT2D eigenvalue weighted by atomic mass is 32.2. The summed E-state index contributed by atoms with van der Waals surface area (Å²) in [5.41, 5.74) is 0. The first kappa shape index (κ1) is 17.7. The average Bonchev–Trinajstić information content (AvgIpc) is 2.74. The summed E-state index contributed by atoms with van der Waals surface area (Å²) in [4.78, 5) is 37.4. The molecule has 0 spiro atoms. The van der Waals surface area contributed by atoms with Crippen molar-refractivity contribution >= 4 is 42.3 Å². The van der Waals surface area contributed by atoms with Gasteiger partial charge in [0.1, 0.15) is 0 Å². The number of carbonyl (C=O) groups excluding carboxylic acids is 3. The summed E-state index contributed by atoms with van der Waals surface area (Å²) in [6, 6.07) is 0. The van der Waals surface area contributed by atoms with Crippen LogP contribution in [-0.4, -0.2) is 39.7 Å². The standard InChI is InChI=1S/C15H24N2O3S2/c1-9(2)22-12-7-13(18)17(15(12)20)8-10-3-5-11(6-4-10)14(19)16-21/h9-12,21H,3-8H2,1-2H3,(H,16,19). The summed E-state index contributed by atoms with van der Waals surface area (Å²) < 4.78 is 2.39.